The standard InChI is InChI=1S/C29H34Cl2N4O4/c1-17(23-6-5-18(16-33-23)26(38)32-12-9-24(36)37)35-27(39)25(19-13-21(30)15-22(31)14-19)34-29(35)10-7-20(8-11-29)28(2,3)4/h5-6,13-17,20H,7-12H2,1-4H3,(H,32,38)(H,36,37)/t17-,20?,29?/m1/s1. The number of nitrogens with zero attached hydrogens (tertiary/aromatic N) is 3. The van der Waals surface area contributed by atoms with Crippen LogP contribution in [0.2, 0.25) is 10.0 Å². The first kappa shape index (κ1) is 29.0. The van der Waals surface area contributed by atoms with E-state index >= 15 is 0 Å². The molecule has 0 unspecified atom stereocenters. The molecule has 1 aromatic heterocycles. The Labute approximate surface area is 238 Å². The quantitative estimate of drug-likeness (QED) is 0.427. The third-order valence-corrected chi connectivity index (χ3v) is 8.26. The van der Waals surface area contributed by atoms with Crippen molar-refractivity contribution in [2.75, 3.05) is 6.54 Å². The lowest BCUT2D eigenvalue weighted by Crippen LogP contribution is -2.51. The zero-order chi connectivity index (χ0) is 28.5. The first-order valence-electron chi connectivity index (χ1n) is 13.2. The second kappa shape index (κ2) is 11.3. The minimum Gasteiger partial charge on any atom is -0.481 e. The largest absolute Gasteiger partial charge is 0.481 e. The molecule has 2 amide bonds. The topological polar surface area (TPSA) is 112 Å². The van der Waals surface area contributed by atoms with E-state index in [0.717, 1.165) is 25.7 Å². The molecule has 10 heteroatoms. The summed E-state index contributed by atoms with van der Waals surface area (Å²) >= 11 is 12.5. The third kappa shape index (κ3) is 6.28. The van der Waals surface area contributed by atoms with Gasteiger partial charge in [0.2, 0.25) is 0 Å². The Bertz CT molecular complexity index is 1280. The molecule has 1 aliphatic carbocycles. The van der Waals surface area contributed by atoms with E-state index in [0.29, 0.717) is 38.5 Å². The van der Waals surface area contributed by atoms with Crippen molar-refractivity contribution in [1.82, 2.24) is 15.2 Å². The summed E-state index contributed by atoms with van der Waals surface area (Å²) in [5, 5.41) is 12.2. The number of carboxylic acids is 1. The van der Waals surface area contributed by atoms with Gasteiger partial charge in [-0.1, -0.05) is 44.0 Å². The number of halogens is 2. The molecule has 2 aliphatic rings. The second-order valence-corrected chi connectivity index (χ2v) is 12.3. The Kier molecular flexibility index (Phi) is 8.38. The van der Waals surface area contributed by atoms with E-state index in [2.05, 4.69) is 31.1 Å². The van der Waals surface area contributed by atoms with Crippen molar-refractivity contribution in [1.29, 1.82) is 0 Å². The summed E-state index contributed by atoms with van der Waals surface area (Å²) < 4.78 is 0. The number of carbonyl (C=O) groups excluding carboxylic acids is 2. The van der Waals surface area contributed by atoms with Gasteiger partial charge in [-0.05, 0) is 74.3 Å². The predicted molar refractivity (Wildman–Crippen MR) is 151 cm³/mol. The van der Waals surface area contributed by atoms with Crippen molar-refractivity contribution < 1.29 is 19.5 Å². The zero-order valence-corrected chi connectivity index (χ0v) is 24.1. The van der Waals surface area contributed by atoms with Crippen molar-refractivity contribution in [2.24, 2.45) is 16.3 Å². The van der Waals surface area contributed by atoms with Crippen LogP contribution in [0.5, 0.6) is 0 Å². The minimum absolute atomic E-state index is 0.0281. The van der Waals surface area contributed by atoms with Crippen LogP contribution in [-0.4, -0.2) is 50.7 Å². The molecule has 1 saturated carbocycles. The fourth-order valence-corrected chi connectivity index (χ4v) is 6.16. The predicted octanol–water partition coefficient (Wildman–Crippen LogP) is 5.92. The molecule has 0 saturated heterocycles. The molecule has 1 atom stereocenters. The smallest absolute Gasteiger partial charge is 0.305 e. The number of aromatic nitrogens is 1. The van der Waals surface area contributed by atoms with Crippen LogP contribution in [0.3, 0.4) is 0 Å². The second-order valence-electron chi connectivity index (χ2n) is 11.5. The summed E-state index contributed by atoms with van der Waals surface area (Å²) in [6, 6.07) is 8.00. The van der Waals surface area contributed by atoms with Crippen molar-refractivity contribution in [2.45, 2.75) is 71.5 Å². The van der Waals surface area contributed by atoms with Gasteiger partial charge < -0.3 is 15.3 Å². The van der Waals surface area contributed by atoms with Gasteiger partial charge in [-0.15, -0.1) is 0 Å². The van der Waals surface area contributed by atoms with Gasteiger partial charge in [0, 0.05) is 28.4 Å². The lowest BCUT2D eigenvalue weighted by Gasteiger charge is -2.46. The van der Waals surface area contributed by atoms with Crippen LogP contribution >= 0.6 is 23.2 Å². The first-order chi connectivity index (χ1) is 18.3. The van der Waals surface area contributed by atoms with Gasteiger partial charge in [-0.3, -0.25) is 24.4 Å². The Hall–Kier alpha value is -2.97. The fraction of sp³-hybridized carbons (Fsp3) is 0.483. The summed E-state index contributed by atoms with van der Waals surface area (Å²) in [4.78, 5) is 48.5. The third-order valence-electron chi connectivity index (χ3n) is 7.83. The van der Waals surface area contributed by atoms with Crippen LogP contribution in [0.15, 0.2) is 41.5 Å². The molecule has 0 radical (unpaired) electrons. The van der Waals surface area contributed by atoms with Crippen LogP contribution in [0.1, 0.15) is 87.5 Å². The Balaban J connectivity index is 1.63. The molecule has 1 spiro atoms. The van der Waals surface area contributed by atoms with Crippen molar-refractivity contribution in [3.8, 4) is 0 Å². The maximum atomic E-state index is 14.0. The average Bonchev–Trinajstić information content (AvgIpc) is 3.13. The molecule has 2 N–H and O–H groups in total. The van der Waals surface area contributed by atoms with Crippen LogP contribution in [0.4, 0.5) is 0 Å². The van der Waals surface area contributed by atoms with E-state index in [-0.39, 0.29) is 24.3 Å². The van der Waals surface area contributed by atoms with Crippen LogP contribution in [0, 0.1) is 11.3 Å². The van der Waals surface area contributed by atoms with Crippen molar-refractivity contribution >= 4 is 46.7 Å². The summed E-state index contributed by atoms with van der Waals surface area (Å²) in [6.07, 6.45) is 4.62. The first-order valence-corrected chi connectivity index (χ1v) is 13.9. The number of nitrogens with one attached hydrogen (secondary N) is 1. The highest BCUT2D eigenvalue weighted by atomic mass is 35.5. The van der Waals surface area contributed by atoms with Crippen LogP contribution < -0.4 is 5.32 Å². The number of carbonyl (C=O) groups is 3. The Morgan fingerprint density at radius 1 is 1.15 bits per heavy atom. The molecular weight excluding hydrogens is 539 g/mol. The number of pyridine rings is 1. The van der Waals surface area contributed by atoms with E-state index in [1.54, 1.807) is 30.3 Å². The fourth-order valence-electron chi connectivity index (χ4n) is 5.63. The van der Waals surface area contributed by atoms with Gasteiger partial charge >= 0.3 is 5.97 Å². The van der Waals surface area contributed by atoms with Gasteiger partial charge in [0.05, 0.1) is 23.7 Å². The number of aliphatic imine (C=N–C) groups is 1. The van der Waals surface area contributed by atoms with Gasteiger partial charge in [0.25, 0.3) is 11.8 Å². The van der Waals surface area contributed by atoms with Gasteiger partial charge in [-0.25, -0.2) is 0 Å². The highest BCUT2D eigenvalue weighted by molar-refractivity contribution is 6.47. The number of hydrogen-bond donors (Lipinski definition) is 2. The molecule has 1 aliphatic heterocycles. The Morgan fingerprint density at radius 3 is 2.33 bits per heavy atom. The zero-order valence-electron chi connectivity index (χ0n) is 22.6. The lowest BCUT2D eigenvalue weighted by molar-refractivity contribution is -0.137. The van der Waals surface area contributed by atoms with Crippen LogP contribution in [-0.2, 0) is 9.59 Å². The molecule has 1 aromatic carbocycles. The molecule has 2 aromatic rings. The van der Waals surface area contributed by atoms with Gasteiger partial charge in [0.15, 0.2) is 0 Å². The lowest BCUT2D eigenvalue weighted by atomic mass is 9.69. The molecule has 2 heterocycles. The highest BCUT2D eigenvalue weighted by Gasteiger charge is 2.52. The highest BCUT2D eigenvalue weighted by Crippen LogP contribution is 2.49. The molecule has 208 valence electrons. The number of benzene rings is 1. The maximum Gasteiger partial charge on any atom is 0.305 e. The summed E-state index contributed by atoms with van der Waals surface area (Å²) in [5.41, 5.74) is 1.33. The molecule has 39 heavy (non-hydrogen) atoms. The van der Waals surface area contributed by atoms with Crippen molar-refractivity contribution in [3.63, 3.8) is 0 Å². The number of rotatable bonds is 7. The minimum atomic E-state index is -0.986. The number of carboxylic acid groups (broad SMARTS) is 1. The van der Waals surface area contributed by atoms with E-state index in [1.165, 1.54) is 6.20 Å². The summed E-state index contributed by atoms with van der Waals surface area (Å²) in [5.74, 6) is -1.07. The van der Waals surface area contributed by atoms with E-state index in [9.17, 15) is 14.4 Å². The average molecular weight is 574 g/mol. The number of amides is 2. The van der Waals surface area contributed by atoms with Gasteiger partial charge in [-0.2, -0.15) is 0 Å². The Morgan fingerprint density at radius 2 is 1.79 bits per heavy atom. The SMILES string of the molecule is C[C@H](c1ccc(C(=O)NCCC(=O)O)cn1)N1C(=O)C(c2cc(Cl)cc(Cl)c2)=NC12CCC(C(C)(C)C)CC2. The monoisotopic (exact) mass is 572 g/mol. The van der Waals surface area contributed by atoms with Gasteiger partial charge in [0.1, 0.15) is 11.4 Å². The number of aliphatic carboxylic acids is 1. The number of hydrogen-bond acceptors (Lipinski definition) is 5. The normalized spacial score (nSPS) is 22.1. The maximum absolute atomic E-state index is 14.0. The van der Waals surface area contributed by atoms with Crippen molar-refractivity contribution in [3.05, 3.63) is 63.4 Å². The van der Waals surface area contributed by atoms with E-state index in [1.807, 2.05) is 11.8 Å². The molecular formula is C29H34Cl2N4O4. The summed E-state index contributed by atoms with van der Waals surface area (Å²) in [6.45, 7) is 8.71. The molecule has 0 bridgehead atoms. The van der Waals surface area contributed by atoms with E-state index < -0.39 is 23.6 Å². The van der Waals surface area contributed by atoms with Crippen LogP contribution in [0.25, 0.3) is 0 Å². The van der Waals surface area contributed by atoms with E-state index in [4.69, 9.17) is 33.3 Å². The molecule has 4 rings (SSSR count). The molecule has 8 nitrogen and oxygen atoms in total. The molecule has 1 fully saturated rings. The summed E-state index contributed by atoms with van der Waals surface area (Å²) in [7, 11) is 0.